The fourth-order valence-corrected chi connectivity index (χ4v) is 1.26. The van der Waals surface area contributed by atoms with Crippen LogP contribution in [0.5, 0.6) is 0 Å². The summed E-state index contributed by atoms with van der Waals surface area (Å²) in [6, 6.07) is 10.0. The molecule has 0 heterocycles. The number of ether oxygens (including phenoxy) is 2. The van der Waals surface area contributed by atoms with Crippen LogP contribution in [-0.4, -0.2) is 31.5 Å². The molecule has 3 nitrogen and oxygen atoms in total. The number of benzene rings is 1. The quantitative estimate of drug-likeness (QED) is 0.695. The van der Waals surface area contributed by atoms with Crippen LogP contribution in [0.3, 0.4) is 0 Å². The second-order valence-electron chi connectivity index (χ2n) is 3.37. The first-order valence-electron chi connectivity index (χ1n) is 5.12. The Kier molecular flexibility index (Phi) is 6.00. The molecule has 15 heavy (non-hydrogen) atoms. The predicted octanol–water partition coefficient (Wildman–Crippen LogP) is 1.60. The Morgan fingerprint density at radius 3 is 2.60 bits per heavy atom. The van der Waals surface area contributed by atoms with Crippen LogP contribution in [0.1, 0.15) is 12.0 Å². The van der Waals surface area contributed by atoms with Gasteiger partial charge in [0, 0.05) is 13.7 Å². The first-order chi connectivity index (χ1) is 7.36. The lowest BCUT2D eigenvalue weighted by atomic mass is 10.2. The highest BCUT2D eigenvalue weighted by Gasteiger charge is 2.04. The van der Waals surface area contributed by atoms with Crippen molar-refractivity contribution in [2.24, 2.45) is 0 Å². The molecule has 0 saturated carbocycles. The van der Waals surface area contributed by atoms with Crippen LogP contribution < -0.4 is 0 Å². The zero-order valence-corrected chi connectivity index (χ0v) is 9.06. The second-order valence-corrected chi connectivity index (χ2v) is 3.37. The highest BCUT2D eigenvalue weighted by Crippen LogP contribution is 2.02. The van der Waals surface area contributed by atoms with Crippen LogP contribution in [0.15, 0.2) is 30.3 Å². The van der Waals surface area contributed by atoms with Gasteiger partial charge in [-0.25, -0.2) is 0 Å². The molecule has 1 atom stereocenters. The van der Waals surface area contributed by atoms with E-state index >= 15 is 0 Å². The van der Waals surface area contributed by atoms with Gasteiger partial charge in [-0.15, -0.1) is 0 Å². The van der Waals surface area contributed by atoms with E-state index in [1.165, 1.54) is 0 Å². The van der Waals surface area contributed by atoms with E-state index < -0.39 is 0 Å². The van der Waals surface area contributed by atoms with E-state index in [2.05, 4.69) is 0 Å². The van der Waals surface area contributed by atoms with Crippen LogP contribution in [0.25, 0.3) is 0 Å². The van der Waals surface area contributed by atoms with Gasteiger partial charge in [0.15, 0.2) is 0 Å². The Balaban J connectivity index is 2.12. The van der Waals surface area contributed by atoms with Gasteiger partial charge in [-0.1, -0.05) is 30.3 Å². The van der Waals surface area contributed by atoms with E-state index in [9.17, 15) is 0 Å². The molecular weight excluding hydrogens is 192 g/mol. The minimum absolute atomic E-state index is 0.0468. The number of rotatable bonds is 7. The summed E-state index contributed by atoms with van der Waals surface area (Å²) >= 11 is 0. The van der Waals surface area contributed by atoms with E-state index in [-0.39, 0.29) is 12.7 Å². The maximum absolute atomic E-state index is 8.86. The van der Waals surface area contributed by atoms with Gasteiger partial charge in [0.1, 0.15) is 0 Å². The maximum atomic E-state index is 8.86. The molecule has 0 aliphatic rings. The highest BCUT2D eigenvalue weighted by atomic mass is 16.5. The maximum Gasteiger partial charge on any atom is 0.0823 e. The van der Waals surface area contributed by atoms with Crippen LogP contribution in [0, 0.1) is 0 Å². The van der Waals surface area contributed by atoms with Crippen LogP contribution in [-0.2, 0) is 16.1 Å². The lowest BCUT2D eigenvalue weighted by Gasteiger charge is -2.11. The minimum atomic E-state index is -0.110. The van der Waals surface area contributed by atoms with Gasteiger partial charge in [0.2, 0.25) is 0 Å². The molecule has 0 radical (unpaired) electrons. The Hall–Kier alpha value is -0.900. The van der Waals surface area contributed by atoms with Gasteiger partial charge in [-0.3, -0.25) is 0 Å². The van der Waals surface area contributed by atoms with Crippen LogP contribution in [0.4, 0.5) is 0 Å². The summed E-state index contributed by atoms with van der Waals surface area (Å²) in [6.07, 6.45) is 0.612. The molecule has 0 aliphatic carbocycles. The van der Waals surface area contributed by atoms with Gasteiger partial charge >= 0.3 is 0 Å². The van der Waals surface area contributed by atoms with Gasteiger partial charge in [0.05, 0.1) is 19.3 Å². The minimum Gasteiger partial charge on any atom is -0.394 e. The molecule has 1 aromatic carbocycles. The van der Waals surface area contributed by atoms with Crippen molar-refractivity contribution in [2.45, 2.75) is 19.1 Å². The summed E-state index contributed by atoms with van der Waals surface area (Å²) in [4.78, 5) is 0. The summed E-state index contributed by atoms with van der Waals surface area (Å²) in [5.74, 6) is 0. The Morgan fingerprint density at radius 1 is 1.27 bits per heavy atom. The number of aliphatic hydroxyl groups excluding tert-OH is 1. The monoisotopic (exact) mass is 210 g/mol. The fourth-order valence-electron chi connectivity index (χ4n) is 1.26. The van der Waals surface area contributed by atoms with Crippen molar-refractivity contribution in [1.29, 1.82) is 0 Å². The zero-order chi connectivity index (χ0) is 10.9. The molecule has 84 valence electrons. The molecule has 0 amide bonds. The summed E-state index contributed by atoms with van der Waals surface area (Å²) in [6.45, 7) is 1.27. The van der Waals surface area contributed by atoms with Gasteiger partial charge in [-0.2, -0.15) is 0 Å². The average molecular weight is 210 g/mol. The van der Waals surface area contributed by atoms with E-state index in [1.54, 1.807) is 7.11 Å². The van der Waals surface area contributed by atoms with Crippen molar-refractivity contribution in [3.63, 3.8) is 0 Å². The fraction of sp³-hybridized carbons (Fsp3) is 0.500. The molecule has 0 bridgehead atoms. The topological polar surface area (TPSA) is 38.7 Å². The van der Waals surface area contributed by atoms with E-state index in [0.717, 1.165) is 12.0 Å². The van der Waals surface area contributed by atoms with Gasteiger partial charge in [0.25, 0.3) is 0 Å². The third kappa shape index (κ3) is 4.93. The Morgan fingerprint density at radius 2 is 2.00 bits per heavy atom. The second kappa shape index (κ2) is 7.40. The molecule has 1 rings (SSSR count). The Labute approximate surface area is 90.6 Å². The number of hydrogen-bond acceptors (Lipinski definition) is 3. The predicted molar refractivity (Wildman–Crippen MR) is 58.6 cm³/mol. The Bertz CT molecular complexity index is 244. The molecule has 0 saturated heterocycles. The van der Waals surface area contributed by atoms with Crippen molar-refractivity contribution in [3.05, 3.63) is 35.9 Å². The van der Waals surface area contributed by atoms with E-state index in [0.29, 0.717) is 13.2 Å². The van der Waals surface area contributed by atoms with Crippen LogP contribution >= 0.6 is 0 Å². The third-order valence-corrected chi connectivity index (χ3v) is 2.23. The number of aliphatic hydroxyl groups is 1. The SMILES string of the molecule is COC(CO)CCOCc1ccccc1. The van der Waals surface area contributed by atoms with E-state index in [4.69, 9.17) is 14.6 Å². The summed E-state index contributed by atoms with van der Waals surface area (Å²) in [7, 11) is 1.60. The van der Waals surface area contributed by atoms with Crippen molar-refractivity contribution >= 4 is 0 Å². The standard InChI is InChI=1S/C12H18O3/c1-14-12(9-13)7-8-15-10-11-5-3-2-4-6-11/h2-6,12-13H,7-10H2,1H3. The first-order valence-corrected chi connectivity index (χ1v) is 5.12. The molecule has 0 aliphatic heterocycles. The lowest BCUT2D eigenvalue weighted by Crippen LogP contribution is -2.17. The summed E-state index contributed by atoms with van der Waals surface area (Å²) < 4.78 is 10.5. The number of methoxy groups -OCH3 is 1. The summed E-state index contributed by atoms with van der Waals surface area (Å²) in [5.41, 5.74) is 1.16. The van der Waals surface area contributed by atoms with E-state index in [1.807, 2.05) is 30.3 Å². The molecule has 1 aromatic rings. The van der Waals surface area contributed by atoms with Crippen molar-refractivity contribution < 1.29 is 14.6 Å². The molecule has 0 aromatic heterocycles. The molecule has 1 N–H and O–H groups in total. The molecule has 3 heteroatoms. The molecule has 0 spiro atoms. The highest BCUT2D eigenvalue weighted by molar-refractivity contribution is 5.13. The third-order valence-electron chi connectivity index (χ3n) is 2.23. The molecule has 1 unspecified atom stereocenters. The largest absolute Gasteiger partial charge is 0.394 e. The van der Waals surface area contributed by atoms with Crippen molar-refractivity contribution in [2.75, 3.05) is 20.3 Å². The molecule has 0 fully saturated rings. The number of hydrogen-bond donors (Lipinski definition) is 1. The van der Waals surface area contributed by atoms with Gasteiger partial charge in [-0.05, 0) is 12.0 Å². The average Bonchev–Trinajstić information content (AvgIpc) is 2.31. The molecular formula is C12H18O3. The van der Waals surface area contributed by atoms with Crippen molar-refractivity contribution in [3.8, 4) is 0 Å². The first kappa shape index (κ1) is 12.2. The normalized spacial score (nSPS) is 12.7. The smallest absolute Gasteiger partial charge is 0.0823 e. The summed E-state index contributed by atoms with van der Waals surface area (Å²) in [5, 5.41) is 8.86. The lowest BCUT2D eigenvalue weighted by molar-refractivity contribution is 0.0145. The van der Waals surface area contributed by atoms with Gasteiger partial charge < -0.3 is 14.6 Å². The zero-order valence-electron chi connectivity index (χ0n) is 9.06. The van der Waals surface area contributed by atoms with Crippen molar-refractivity contribution in [1.82, 2.24) is 0 Å². The van der Waals surface area contributed by atoms with Crippen LogP contribution in [0.2, 0.25) is 0 Å².